The first kappa shape index (κ1) is 13.0. The Balaban J connectivity index is 2.27. The SMILES string of the molecule is CNCc1cccc(OCOCCOC)c1. The van der Waals surface area contributed by atoms with Crippen LogP contribution in [0.2, 0.25) is 0 Å². The van der Waals surface area contributed by atoms with Gasteiger partial charge >= 0.3 is 0 Å². The third kappa shape index (κ3) is 5.11. The van der Waals surface area contributed by atoms with Crippen molar-refractivity contribution in [3.05, 3.63) is 29.8 Å². The van der Waals surface area contributed by atoms with Gasteiger partial charge in [-0.2, -0.15) is 0 Å². The molecule has 4 nitrogen and oxygen atoms in total. The van der Waals surface area contributed by atoms with E-state index in [1.807, 2.05) is 25.2 Å². The van der Waals surface area contributed by atoms with Gasteiger partial charge in [0.25, 0.3) is 0 Å². The van der Waals surface area contributed by atoms with Crippen molar-refractivity contribution in [3.8, 4) is 5.75 Å². The smallest absolute Gasteiger partial charge is 0.189 e. The van der Waals surface area contributed by atoms with Gasteiger partial charge in [-0.15, -0.1) is 0 Å². The first-order chi connectivity index (χ1) is 7.86. The van der Waals surface area contributed by atoms with Crippen LogP contribution >= 0.6 is 0 Å². The number of nitrogens with one attached hydrogen (secondary N) is 1. The summed E-state index contributed by atoms with van der Waals surface area (Å²) >= 11 is 0. The minimum Gasteiger partial charge on any atom is -0.468 e. The van der Waals surface area contributed by atoms with E-state index in [1.54, 1.807) is 7.11 Å². The topological polar surface area (TPSA) is 39.7 Å². The zero-order valence-electron chi connectivity index (χ0n) is 9.86. The molecule has 0 atom stereocenters. The number of hydrogen-bond donors (Lipinski definition) is 1. The number of benzene rings is 1. The van der Waals surface area contributed by atoms with Gasteiger partial charge in [0.2, 0.25) is 0 Å². The van der Waals surface area contributed by atoms with Crippen LogP contribution in [0.15, 0.2) is 24.3 Å². The lowest BCUT2D eigenvalue weighted by Gasteiger charge is -2.08. The van der Waals surface area contributed by atoms with E-state index >= 15 is 0 Å². The second-order valence-corrected chi connectivity index (χ2v) is 3.34. The van der Waals surface area contributed by atoms with E-state index in [1.165, 1.54) is 5.56 Å². The molecule has 0 unspecified atom stereocenters. The van der Waals surface area contributed by atoms with E-state index in [2.05, 4.69) is 11.4 Å². The Bertz CT molecular complexity index is 291. The molecule has 0 heterocycles. The van der Waals surface area contributed by atoms with Crippen molar-refractivity contribution in [2.75, 3.05) is 34.2 Å². The van der Waals surface area contributed by atoms with Crippen LogP contribution in [0.5, 0.6) is 5.75 Å². The highest BCUT2D eigenvalue weighted by Crippen LogP contribution is 2.12. The first-order valence-corrected chi connectivity index (χ1v) is 5.30. The second-order valence-electron chi connectivity index (χ2n) is 3.34. The van der Waals surface area contributed by atoms with Gasteiger partial charge in [-0.1, -0.05) is 12.1 Å². The Morgan fingerprint density at radius 2 is 2.12 bits per heavy atom. The predicted molar refractivity (Wildman–Crippen MR) is 62.5 cm³/mol. The molecular weight excluding hydrogens is 206 g/mol. The van der Waals surface area contributed by atoms with Crippen LogP contribution in [-0.4, -0.2) is 34.2 Å². The molecule has 1 aromatic carbocycles. The predicted octanol–water partition coefficient (Wildman–Crippen LogP) is 1.41. The fourth-order valence-electron chi connectivity index (χ4n) is 1.26. The van der Waals surface area contributed by atoms with Crippen molar-refractivity contribution >= 4 is 0 Å². The van der Waals surface area contributed by atoms with Gasteiger partial charge in [0, 0.05) is 13.7 Å². The average molecular weight is 225 g/mol. The highest BCUT2D eigenvalue weighted by atomic mass is 16.7. The molecular formula is C12H19NO3. The van der Waals surface area contributed by atoms with Crippen LogP contribution in [0.3, 0.4) is 0 Å². The summed E-state index contributed by atoms with van der Waals surface area (Å²) in [5.74, 6) is 0.824. The van der Waals surface area contributed by atoms with Crippen molar-refractivity contribution in [1.29, 1.82) is 0 Å². The maximum absolute atomic E-state index is 5.43. The summed E-state index contributed by atoms with van der Waals surface area (Å²) in [5, 5.41) is 3.09. The molecule has 0 bridgehead atoms. The van der Waals surface area contributed by atoms with E-state index in [-0.39, 0.29) is 6.79 Å². The molecule has 1 rings (SSSR count). The molecule has 0 saturated carbocycles. The minimum absolute atomic E-state index is 0.256. The molecule has 0 aliphatic rings. The van der Waals surface area contributed by atoms with Gasteiger partial charge in [-0.3, -0.25) is 0 Å². The van der Waals surface area contributed by atoms with Gasteiger partial charge in [-0.05, 0) is 24.7 Å². The van der Waals surface area contributed by atoms with Crippen molar-refractivity contribution in [1.82, 2.24) is 5.32 Å². The Labute approximate surface area is 96.5 Å². The van der Waals surface area contributed by atoms with E-state index in [4.69, 9.17) is 14.2 Å². The number of rotatable bonds is 8. The average Bonchev–Trinajstić information content (AvgIpc) is 2.30. The number of methoxy groups -OCH3 is 1. The van der Waals surface area contributed by atoms with Gasteiger partial charge in [0.1, 0.15) is 5.75 Å². The fraction of sp³-hybridized carbons (Fsp3) is 0.500. The Morgan fingerprint density at radius 3 is 2.88 bits per heavy atom. The van der Waals surface area contributed by atoms with Crippen LogP contribution in [0, 0.1) is 0 Å². The third-order valence-corrected chi connectivity index (χ3v) is 2.02. The van der Waals surface area contributed by atoms with E-state index in [0.29, 0.717) is 13.2 Å². The summed E-state index contributed by atoms with van der Waals surface area (Å²) in [4.78, 5) is 0. The van der Waals surface area contributed by atoms with Crippen molar-refractivity contribution in [2.24, 2.45) is 0 Å². The molecule has 0 radical (unpaired) electrons. The molecule has 4 heteroatoms. The molecule has 1 aromatic rings. The van der Waals surface area contributed by atoms with Crippen LogP contribution in [0.25, 0.3) is 0 Å². The molecule has 0 aliphatic heterocycles. The van der Waals surface area contributed by atoms with E-state index < -0.39 is 0 Å². The molecule has 16 heavy (non-hydrogen) atoms. The maximum atomic E-state index is 5.43. The molecule has 0 aliphatic carbocycles. The summed E-state index contributed by atoms with van der Waals surface area (Å²) < 4.78 is 15.5. The van der Waals surface area contributed by atoms with Crippen LogP contribution in [-0.2, 0) is 16.0 Å². The third-order valence-electron chi connectivity index (χ3n) is 2.02. The minimum atomic E-state index is 0.256. The molecule has 0 amide bonds. The molecule has 90 valence electrons. The fourth-order valence-corrected chi connectivity index (χ4v) is 1.26. The second kappa shape index (κ2) is 8.10. The molecule has 0 saturated heterocycles. The number of hydrogen-bond acceptors (Lipinski definition) is 4. The number of ether oxygens (including phenoxy) is 3. The van der Waals surface area contributed by atoms with Crippen LogP contribution in [0.4, 0.5) is 0 Å². The lowest BCUT2D eigenvalue weighted by molar-refractivity contribution is -0.00849. The van der Waals surface area contributed by atoms with E-state index in [0.717, 1.165) is 12.3 Å². The summed E-state index contributed by atoms with van der Waals surface area (Å²) in [6, 6.07) is 7.93. The standard InChI is InChI=1S/C12H19NO3/c1-13-9-11-4-3-5-12(8-11)16-10-15-7-6-14-2/h3-5,8,13H,6-7,9-10H2,1-2H3. The maximum Gasteiger partial charge on any atom is 0.189 e. The summed E-state index contributed by atoms with van der Waals surface area (Å²) in [6.07, 6.45) is 0. The Morgan fingerprint density at radius 1 is 1.25 bits per heavy atom. The summed E-state index contributed by atoms with van der Waals surface area (Å²) in [5.41, 5.74) is 1.19. The Kier molecular flexibility index (Phi) is 6.56. The summed E-state index contributed by atoms with van der Waals surface area (Å²) in [7, 11) is 3.56. The monoisotopic (exact) mass is 225 g/mol. The zero-order valence-corrected chi connectivity index (χ0v) is 9.86. The van der Waals surface area contributed by atoms with E-state index in [9.17, 15) is 0 Å². The van der Waals surface area contributed by atoms with Crippen LogP contribution < -0.4 is 10.1 Å². The first-order valence-electron chi connectivity index (χ1n) is 5.30. The Hall–Kier alpha value is -1.10. The molecule has 1 N–H and O–H groups in total. The van der Waals surface area contributed by atoms with Gasteiger partial charge < -0.3 is 19.5 Å². The van der Waals surface area contributed by atoms with Crippen molar-refractivity contribution < 1.29 is 14.2 Å². The highest BCUT2D eigenvalue weighted by Gasteiger charge is 1.96. The quantitative estimate of drug-likeness (QED) is 0.536. The molecule has 0 aromatic heterocycles. The lowest BCUT2D eigenvalue weighted by atomic mass is 10.2. The molecule has 0 fully saturated rings. The van der Waals surface area contributed by atoms with Crippen LogP contribution in [0.1, 0.15) is 5.56 Å². The van der Waals surface area contributed by atoms with Crippen molar-refractivity contribution in [2.45, 2.75) is 6.54 Å². The molecule has 0 spiro atoms. The normalized spacial score (nSPS) is 10.4. The lowest BCUT2D eigenvalue weighted by Crippen LogP contribution is -2.08. The van der Waals surface area contributed by atoms with Gasteiger partial charge in [0.15, 0.2) is 6.79 Å². The van der Waals surface area contributed by atoms with Crippen molar-refractivity contribution in [3.63, 3.8) is 0 Å². The summed E-state index contributed by atoms with van der Waals surface area (Å²) in [6.45, 7) is 2.23. The largest absolute Gasteiger partial charge is 0.468 e. The van der Waals surface area contributed by atoms with Gasteiger partial charge in [0.05, 0.1) is 13.2 Å². The highest BCUT2D eigenvalue weighted by molar-refractivity contribution is 5.28. The van der Waals surface area contributed by atoms with Gasteiger partial charge in [-0.25, -0.2) is 0 Å². The zero-order chi connectivity index (χ0) is 11.6.